The summed E-state index contributed by atoms with van der Waals surface area (Å²) in [4.78, 5) is 16.3. The summed E-state index contributed by atoms with van der Waals surface area (Å²) < 4.78 is 42.6. The summed E-state index contributed by atoms with van der Waals surface area (Å²) in [6, 6.07) is 4.36. The van der Waals surface area contributed by atoms with Gasteiger partial charge in [-0.25, -0.2) is 10.2 Å². The van der Waals surface area contributed by atoms with Gasteiger partial charge in [-0.15, -0.1) is 4.33 Å². The van der Waals surface area contributed by atoms with Gasteiger partial charge in [0, 0.05) is 30.5 Å². The lowest BCUT2D eigenvalue weighted by Gasteiger charge is -2.11. The van der Waals surface area contributed by atoms with Crippen LogP contribution in [-0.2, 0) is 24.2 Å². The molecule has 1 aromatic carbocycles. The number of ether oxygens (including phenoxy) is 1. The van der Waals surface area contributed by atoms with E-state index < -0.39 is 10.1 Å². The van der Waals surface area contributed by atoms with Gasteiger partial charge in [-0.2, -0.15) is 23.4 Å². The van der Waals surface area contributed by atoms with Crippen LogP contribution in [-0.4, -0.2) is 76.6 Å². The number of nitrogens with zero attached hydrogens (tertiary/aromatic N) is 4. The highest BCUT2D eigenvalue weighted by molar-refractivity contribution is 7.95. The minimum absolute atomic E-state index is 0.0160. The summed E-state index contributed by atoms with van der Waals surface area (Å²) in [7, 11) is -4.48. The predicted molar refractivity (Wildman–Crippen MR) is 126 cm³/mol. The van der Waals surface area contributed by atoms with Crippen molar-refractivity contribution in [1.82, 2.24) is 15.0 Å². The number of aliphatic hydroxyl groups is 1. The van der Waals surface area contributed by atoms with E-state index in [4.69, 9.17) is 15.1 Å². The van der Waals surface area contributed by atoms with Crippen molar-refractivity contribution in [3.8, 4) is 0 Å². The van der Waals surface area contributed by atoms with Crippen LogP contribution in [0.5, 0.6) is 0 Å². The van der Waals surface area contributed by atoms with E-state index in [0.717, 1.165) is 12.0 Å². The minimum Gasteiger partial charge on any atom is -0.394 e. The standard InChI is InChI=1S/C18H24N6O8S2/c1-2-3-13-4-5-14(12-15(13)34(27,28)29)21-18-23-16(19-6-9-30-10-8-25)22-17(24-18)20-7-11-33-32-31-26/h2-5,7,12,25-26H,6,8-11H2,1H3,(H,27,28,29)(H2,19,21,22,23,24)/b3-2?,20-7-. The van der Waals surface area contributed by atoms with Crippen molar-refractivity contribution in [2.45, 2.75) is 11.8 Å². The molecule has 0 radical (unpaired) electrons. The summed E-state index contributed by atoms with van der Waals surface area (Å²) in [5, 5.41) is 26.2. The van der Waals surface area contributed by atoms with Gasteiger partial charge < -0.3 is 20.5 Å². The number of aromatic nitrogens is 3. The fourth-order valence-electron chi connectivity index (χ4n) is 2.44. The number of rotatable bonds is 15. The van der Waals surface area contributed by atoms with Crippen LogP contribution in [0.2, 0.25) is 0 Å². The van der Waals surface area contributed by atoms with Gasteiger partial charge in [0.25, 0.3) is 16.1 Å². The van der Waals surface area contributed by atoms with Crippen LogP contribution in [0.4, 0.5) is 23.5 Å². The molecular weight excluding hydrogens is 492 g/mol. The predicted octanol–water partition coefficient (Wildman–Crippen LogP) is 2.09. The largest absolute Gasteiger partial charge is 0.394 e. The fourth-order valence-corrected chi connectivity index (χ4v) is 3.38. The summed E-state index contributed by atoms with van der Waals surface area (Å²) >= 11 is 0.767. The zero-order valence-electron chi connectivity index (χ0n) is 18.0. The third-order valence-electron chi connectivity index (χ3n) is 3.71. The molecule has 0 bridgehead atoms. The highest BCUT2D eigenvalue weighted by Gasteiger charge is 2.15. The lowest BCUT2D eigenvalue weighted by atomic mass is 10.2. The average molecular weight is 517 g/mol. The Balaban J connectivity index is 2.27. The minimum atomic E-state index is -4.48. The van der Waals surface area contributed by atoms with Crippen LogP contribution >= 0.6 is 12.0 Å². The maximum atomic E-state index is 11.8. The number of allylic oxidation sites excluding steroid dienone is 1. The lowest BCUT2D eigenvalue weighted by molar-refractivity contribution is -0.432. The second kappa shape index (κ2) is 14.5. The van der Waals surface area contributed by atoms with Crippen LogP contribution in [0.15, 0.2) is 34.2 Å². The molecule has 2 aromatic rings. The average Bonchev–Trinajstić information content (AvgIpc) is 2.79. The number of nitrogens with one attached hydrogen (secondary N) is 2. The lowest BCUT2D eigenvalue weighted by Crippen LogP contribution is -2.14. The maximum absolute atomic E-state index is 11.8. The zero-order valence-corrected chi connectivity index (χ0v) is 19.6. The van der Waals surface area contributed by atoms with Crippen molar-refractivity contribution in [3.63, 3.8) is 0 Å². The van der Waals surface area contributed by atoms with Crippen LogP contribution in [0, 0.1) is 0 Å². The van der Waals surface area contributed by atoms with E-state index in [1.807, 2.05) is 0 Å². The van der Waals surface area contributed by atoms with Gasteiger partial charge in [0.1, 0.15) is 4.90 Å². The van der Waals surface area contributed by atoms with E-state index in [-0.39, 0.29) is 48.3 Å². The quantitative estimate of drug-likeness (QED) is 0.0575. The first-order valence-electron chi connectivity index (χ1n) is 9.69. The first kappa shape index (κ1) is 27.5. The Labute approximate surface area is 199 Å². The summed E-state index contributed by atoms with van der Waals surface area (Å²) in [6.45, 7) is 2.43. The molecule has 0 atom stereocenters. The molecule has 34 heavy (non-hydrogen) atoms. The van der Waals surface area contributed by atoms with Crippen LogP contribution in [0.1, 0.15) is 12.5 Å². The Morgan fingerprint density at radius 2 is 2.00 bits per heavy atom. The molecule has 0 aliphatic carbocycles. The number of anilines is 3. The molecule has 1 heterocycles. The zero-order chi connectivity index (χ0) is 24.8. The Morgan fingerprint density at radius 3 is 2.71 bits per heavy atom. The molecule has 1 aromatic heterocycles. The number of aliphatic imine (C=N–C) groups is 1. The summed E-state index contributed by atoms with van der Waals surface area (Å²) in [5.74, 6) is 0.419. The Bertz CT molecular complexity index is 1080. The van der Waals surface area contributed by atoms with E-state index in [1.165, 1.54) is 18.3 Å². The van der Waals surface area contributed by atoms with Gasteiger partial charge in [0.05, 0.1) is 25.6 Å². The van der Waals surface area contributed by atoms with Gasteiger partial charge in [0.2, 0.25) is 11.9 Å². The smallest absolute Gasteiger partial charge is 0.295 e. The second-order valence-electron chi connectivity index (χ2n) is 6.14. The third-order valence-corrected chi connectivity index (χ3v) is 5.06. The van der Waals surface area contributed by atoms with E-state index in [1.54, 1.807) is 25.1 Å². The number of aliphatic hydroxyl groups excluding tert-OH is 1. The van der Waals surface area contributed by atoms with Crippen molar-refractivity contribution >= 4 is 58.0 Å². The molecule has 2 rings (SSSR count). The van der Waals surface area contributed by atoms with E-state index >= 15 is 0 Å². The molecule has 0 aliphatic rings. The molecule has 0 unspecified atom stereocenters. The first-order valence-corrected chi connectivity index (χ1v) is 12.0. The first-order chi connectivity index (χ1) is 16.4. The summed E-state index contributed by atoms with van der Waals surface area (Å²) in [6.07, 6.45) is 4.60. The maximum Gasteiger partial charge on any atom is 0.295 e. The van der Waals surface area contributed by atoms with Crippen molar-refractivity contribution < 1.29 is 37.4 Å². The topological polar surface area (TPSA) is 198 Å². The van der Waals surface area contributed by atoms with Crippen LogP contribution in [0.3, 0.4) is 0 Å². The highest BCUT2D eigenvalue weighted by Crippen LogP contribution is 2.24. The van der Waals surface area contributed by atoms with E-state index in [0.29, 0.717) is 17.8 Å². The van der Waals surface area contributed by atoms with Crippen molar-refractivity contribution in [2.75, 3.05) is 42.8 Å². The fraction of sp³-hybridized carbons (Fsp3) is 0.333. The molecule has 0 fully saturated rings. The van der Waals surface area contributed by atoms with Crippen molar-refractivity contribution in [2.24, 2.45) is 4.99 Å². The SMILES string of the molecule is CC=Cc1ccc(Nc2nc(/N=C\CSOOO)nc(NCCOCCO)n2)cc1S(=O)(=O)O. The van der Waals surface area contributed by atoms with E-state index in [2.05, 4.69) is 39.9 Å². The molecule has 14 nitrogen and oxygen atoms in total. The second-order valence-corrected chi connectivity index (χ2v) is 8.23. The monoisotopic (exact) mass is 516 g/mol. The van der Waals surface area contributed by atoms with Gasteiger partial charge in [0.15, 0.2) is 0 Å². The Morgan fingerprint density at radius 1 is 1.21 bits per heavy atom. The molecule has 0 spiro atoms. The molecule has 0 amide bonds. The highest BCUT2D eigenvalue weighted by atomic mass is 32.2. The number of hydrogen-bond acceptors (Lipinski definition) is 14. The van der Waals surface area contributed by atoms with E-state index in [9.17, 15) is 13.0 Å². The normalized spacial score (nSPS) is 12.0. The van der Waals surface area contributed by atoms with Gasteiger partial charge in [-0.1, -0.05) is 23.3 Å². The number of hydrogen-bond donors (Lipinski definition) is 5. The number of benzene rings is 1. The molecule has 0 saturated heterocycles. The molecule has 0 saturated carbocycles. The summed E-state index contributed by atoms with van der Waals surface area (Å²) in [5.41, 5.74) is 0.608. The van der Waals surface area contributed by atoms with Crippen molar-refractivity contribution in [3.05, 3.63) is 29.8 Å². The van der Waals surface area contributed by atoms with Gasteiger partial charge in [-0.3, -0.25) is 4.55 Å². The molecule has 0 aliphatic heterocycles. The van der Waals surface area contributed by atoms with Crippen LogP contribution in [0.25, 0.3) is 6.08 Å². The Kier molecular flexibility index (Phi) is 11.8. The van der Waals surface area contributed by atoms with Gasteiger partial charge >= 0.3 is 0 Å². The molecular formula is C18H24N6O8S2. The van der Waals surface area contributed by atoms with Gasteiger partial charge in [-0.05, 0) is 24.6 Å². The third kappa shape index (κ3) is 9.65. The van der Waals surface area contributed by atoms with Crippen LogP contribution < -0.4 is 10.6 Å². The van der Waals surface area contributed by atoms with Crippen molar-refractivity contribution in [1.29, 1.82) is 0 Å². The Hall–Kier alpha value is -2.70. The molecule has 16 heteroatoms. The molecule has 5 N–H and O–H groups in total. The molecule has 186 valence electrons.